The van der Waals surface area contributed by atoms with Crippen LogP contribution in [0.2, 0.25) is 0 Å². The molecule has 0 aromatic carbocycles. The summed E-state index contributed by atoms with van der Waals surface area (Å²) in [5.74, 6) is 0.705. The lowest BCUT2D eigenvalue weighted by atomic mass is 10.0. The van der Waals surface area contributed by atoms with Gasteiger partial charge in [0.15, 0.2) is 6.10 Å². The molecule has 0 bridgehead atoms. The summed E-state index contributed by atoms with van der Waals surface area (Å²) >= 11 is 0. The van der Waals surface area contributed by atoms with E-state index in [9.17, 15) is 14.2 Å². The SMILES string of the molecule is CC(C)CCCCCCCCCCCCCC(=O)O[C@H](COC(=O)CCCCCCCCCCC(C)C)COP(=O)(O)O. The number of esters is 2. The van der Waals surface area contributed by atoms with Gasteiger partial charge in [-0.15, -0.1) is 0 Å². The van der Waals surface area contributed by atoms with Gasteiger partial charge in [-0.05, 0) is 24.7 Å². The molecule has 43 heavy (non-hydrogen) atoms. The second kappa shape index (κ2) is 28.5. The first kappa shape index (κ1) is 42.0. The third-order valence-electron chi connectivity index (χ3n) is 7.73. The third-order valence-corrected chi connectivity index (χ3v) is 8.22. The highest BCUT2D eigenvalue weighted by Gasteiger charge is 2.22. The number of ether oxygens (including phenoxy) is 2. The van der Waals surface area contributed by atoms with Crippen molar-refractivity contribution in [1.29, 1.82) is 0 Å². The highest BCUT2D eigenvalue weighted by molar-refractivity contribution is 7.46. The van der Waals surface area contributed by atoms with Crippen molar-refractivity contribution in [1.82, 2.24) is 0 Å². The molecule has 0 saturated heterocycles. The molecule has 0 saturated carbocycles. The Morgan fingerprint density at radius 1 is 0.535 bits per heavy atom. The van der Waals surface area contributed by atoms with Crippen LogP contribution in [0, 0.1) is 11.8 Å². The van der Waals surface area contributed by atoms with E-state index in [0.717, 1.165) is 50.4 Å². The van der Waals surface area contributed by atoms with Gasteiger partial charge in [0.25, 0.3) is 0 Å². The van der Waals surface area contributed by atoms with E-state index >= 15 is 0 Å². The zero-order chi connectivity index (χ0) is 32.2. The lowest BCUT2D eigenvalue weighted by molar-refractivity contribution is -0.161. The van der Waals surface area contributed by atoms with E-state index in [0.29, 0.717) is 6.42 Å². The van der Waals surface area contributed by atoms with Crippen LogP contribution in [0.3, 0.4) is 0 Å². The van der Waals surface area contributed by atoms with Gasteiger partial charge in [0.1, 0.15) is 6.61 Å². The van der Waals surface area contributed by atoms with Crippen LogP contribution >= 0.6 is 7.82 Å². The van der Waals surface area contributed by atoms with Gasteiger partial charge >= 0.3 is 19.8 Å². The Bertz CT molecular complexity index is 707. The minimum atomic E-state index is -4.74. The summed E-state index contributed by atoms with van der Waals surface area (Å²) in [6.07, 6.45) is 24.1. The molecule has 0 aromatic rings. The minimum absolute atomic E-state index is 0.217. The molecular weight excluding hydrogens is 567 g/mol. The van der Waals surface area contributed by atoms with Gasteiger partial charge in [-0.3, -0.25) is 14.1 Å². The van der Waals surface area contributed by atoms with Gasteiger partial charge in [0.2, 0.25) is 0 Å². The summed E-state index contributed by atoms with van der Waals surface area (Å²) in [6.45, 7) is 8.27. The fraction of sp³-hybridized carbons (Fsp3) is 0.941. The summed E-state index contributed by atoms with van der Waals surface area (Å²) in [5.41, 5.74) is 0. The molecular formula is C34H67O8P. The quantitative estimate of drug-likeness (QED) is 0.0439. The third kappa shape index (κ3) is 33.8. The Morgan fingerprint density at radius 3 is 1.26 bits per heavy atom. The van der Waals surface area contributed by atoms with Crippen molar-refractivity contribution in [2.45, 2.75) is 181 Å². The summed E-state index contributed by atoms with van der Waals surface area (Å²) in [5, 5.41) is 0. The number of rotatable bonds is 31. The van der Waals surface area contributed by atoms with Gasteiger partial charge in [-0.2, -0.15) is 0 Å². The van der Waals surface area contributed by atoms with Crippen molar-refractivity contribution in [2.75, 3.05) is 13.2 Å². The molecule has 0 amide bonds. The molecule has 9 heteroatoms. The molecule has 0 heterocycles. The van der Waals surface area contributed by atoms with Crippen LogP contribution in [0.1, 0.15) is 175 Å². The summed E-state index contributed by atoms with van der Waals surface area (Å²) in [7, 11) is -4.74. The number of hydrogen-bond acceptors (Lipinski definition) is 6. The van der Waals surface area contributed by atoms with Crippen LogP contribution in [0.4, 0.5) is 0 Å². The van der Waals surface area contributed by atoms with Crippen molar-refractivity contribution in [3.63, 3.8) is 0 Å². The number of hydrogen-bond donors (Lipinski definition) is 2. The van der Waals surface area contributed by atoms with Crippen LogP contribution in [-0.2, 0) is 28.2 Å². The van der Waals surface area contributed by atoms with Crippen molar-refractivity contribution in [2.24, 2.45) is 11.8 Å². The molecule has 0 unspecified atom stereocenters. The number of carbonyl (C=O) groups is 2. The first-order valence-electron chi connectivity index (χ1n) is 17.5. The predicted octanol–water partition coefficient (Wildman–Crippen LogP) is 9.83. The fourth-order valence-electron chi connectivity index (χ4n) is 5.09. The molecule has 0 spiro atoms. The smallest absolute Gasteiger partial charge is 0.462 e. The zero-order valence-electron chi connectivity index (χ0n) is 28.2. The summed E-state index contributed by atoms with van der Waals surface area (Å²) < 4.78 is 26.2. The average molecular weight is 635 g/mol. The van der Waals surface area contributed by atoms with Crippen LogP contribution in [-0.4, -0.2) is 41.0 Å². The van der Waals surface area contributed by atoms with E-state index < -0.39 is 32.5 Å². The first-order valence-corrected chi connectivity index (χ1v) is 19.1. The molecule has 1 atom stereocenters. The monoisotopic (exact) mass is 634 g/mol. The van der Waals surface area contributed by atoms with Crippen LogP contribution < -0.4 is 0 Å². The Morgan fingerprint density at radius 2 is 0.884 bits per heavy atom. The van der Waals surface area contributed by atoms with E-state index in [4.69, 9.17) is 19.3 Å². The number of carbonyl (C=O) groups excluding carboxylic acids is 2. The topological polar surface area (TPSA) is 119 Å². The Labute approximate surface area is 264 Å². The van der Waals surface area contributed by atoms with E-state index in [1.54, 1.807) is 0 Å². The minimum Gasteiger partial charge on any atom is -0.462 e. The molecule has 8 nitrogen and oxygen atoms in total. The van der Waals surface area contributed by atoms with Crippen LogP contribution in [0.25, 0.3) is 0 Å². The van der Waals surface area contributed by atoms with Gasteiger partial charge in [-0.1, -0.05) is 150 Å². The summed E-state index contributed by atoms with van der Waals surface area (Å²) in [4.78, 5) is 42.5. The normalized spacial score (nSPS) is 12.7. The van der Waals surface area contributed by atoms with Gasteiger partial charge in [-0.25, -0.2) is 4.57 Å². The van der Waals surface area contributed by atoms with Gasteiger partial charge < -0.3 is 19.3 Å². The molecule has 0 radical (unpaired) electrons. The lowest BCUT2D eigenvalue weighted by Gasteiger charge is -2.18. The molecule has 0 aliphatic rings. The van der Waals surface area contributed by atoms with E-state index in [-0.39, 0.29) is 19.4 Å². The van der Waals surface area contributed by atoms with E-state index in [1.165, 1.54) is 89.9 Å². The highest BCUT2D eigenvalue weighted by Crippen LogP contribution is 2.36. The maximum Gasteiger partial charge on any atom is 0.469 e. The molecule has 0 fully saturated rings. The largest absolute Gasteiger partial charge is 0.469 e. The first-order chi connectivity index (χ1) is 20.5. The van der Waals surface area contributed by atoms with Crippen LogP contribution in [0.15, 0.2) is 0 Å². The lowest BCUT2D eigenvalue weighted by Crippen LogP contribution is -2.29. The van der Waals surface area contributed by atoms with Crippen molar-refractivity contribution >= 4 is 19.8 Å². The number of phosphoric ester groups is 1. The second-order valence-electron chi connectivity index (χ2n) is 13.2. The zero-order valence-corrected chi connectivity index (χ0v) is 29.1. The van der Waals surface area contributed by atoms with Crippen molar-refractivity contribution in [3.8, 4) is 0 Å². The predicted molar refractivity (Wildman–Crippen MR) is 175 cm³/mol. The Kier molecular flexibility index (Phi) is 27.9. The maximum absolute atomic E-state index is 12.3. The van der Waals surface area contributed by atoms with E-state index in [2.05, 4.69) is 32.2 Å². The molecule has 0 aromatic heterocycles. The van der Waals surface area contributed by atoms with Crippen molar-refractivity contribution in [3.05, 3.63) is 0 Å². The average Bonchev–Trinajstić information content (AvgIpc) is 2.92. The molecule has 0 aliphatic heterocycles. The van der Waals surface area contributed by atoms with Crippen LogP contribution in [0.5, 0.6) is 0 Å². The molecule has 2 N–H and O–H groups in total. The number of unbranched alkanes of at least 4 members (excludes halogenated alkanes) is 17. The maximum atomic E-state index is 12.3. The Balaban J connectivity index is 3.98. The Hall–Kier alpha value is -0.950. The van der Waals surface area contributed by atoms with Gasteiger partial charge in [0.05, 0.1) is 6.61 Å². The second-order valence-corrected chi connectivity index (χ2v) is 14.4. The van der Waals surface area contributed by atoms with Gasteiger partial charge in [0, 0.05) is 12.8 Å². The fourth-order valence-corrected chi connectivity index (χ4v) is 5.46. The summed E-state index contributed by atoms with van der Waals surface area (Å²) in [6, 6.07) is 0. The standard InChI is InChI=1S/C34H67O8P/c1-30(2)24-20-16-12-8-6-5-7-9-15-19-23-27-34(36)42-32(29-41-43(37,38)39)28-40-33(35)26-22-18-14-11-10-13-17-21-25-31(3)4/h30-32H,5-29H2,1-4H3,(H2,37,38,39)/t32-/m1/s1. The molecule has 256 valence electrons. The van der Waals surface area contributed by atoms with E-state index in [1.807, 2.05) is 0 Å². The molecule has 0 aliphatic carbocycles. The van der Waals surface area contributed by atoms with Crippen molar-refractivity contribution < 1.29 is 37.9 Å². The highest BCUT2D eigenvalue weighted by atomic mass is 31.2. The number of phosphoric acid groups is 1. The molecule has 0 rings (SSSR count).